The molecule has 0 unspecified atom stereocenters. The first-order chi connectivity index (χ1) is 3.93. The number of rotatable bonds is 1. The second-order valence-electron chi connectivity index (χ2n) is 1.49. The molecular formula is C6H7NSn. The fourth-order valence-electron chi connectivity index (χ4n) is 0.519. The van der Waals surface area contributed by atoms with Crippen LogP contribution in [0.5, 0.6) is 0 Å². The molecule has 0 amide bonds. The van der Waals surface area contributed by atoms with E-state index in [1.165, 1.54) is 3.58 Å². The Bertz CT molecular complexity index is 150. The second-order valence-corrected chi connectivity index (χ2v) is 4.56. The van der Waals surface area contributed by atoms with Crippen molar-refractivity contribution in [1.29, 1.82) is 0 Å². The van der Waals surface area contributed by atoms with Gasteiger partial charge in [0, 0.05) is 0 Å². The molecule has 0 spiro atoms. The molecule has 1 heterocycles. The summed E-state index contributed by atoms with van der Waals surface area (Å²) in [5, 5.41) is 0. The molecule has 0 aliphatic rings. The van der Waals surface area contributed by atoms with Crippen molar-refractivity contribution in [2.45, 2.75) is 4.94 Å². The number of aromatic nitrogens is 1. The molecule has 8 heavy (non-hydrogen) atoms. The van der Waals surface area contributed by atoms with Gasteiger partial charge in [0.25, 0.3) is 0 Å². The van der Waals surface area contributed by atoms with Crippen molar-refractivity contribution in [2.75, 3.05) is 0 Å². The number of nitrogens with zero attached hydrogens (tertiary/aromatic N) is 1. The SMILES string of the molecule is [CH3][Sn][c]1ccncc1. The van der Waals surface area contributed by atoms with E-state index in [0.29, 0.717) is 0 Å². The zero-order valence-corrected chi connectivity index (χ0v) is 7.61. The van der Waals surface area contributed by atoms with Crippen LogP contribution in [0.25, 0.3) is 0 Å². The fraction of sp³-hybridized carbons (Fsp3) is 0.167. The molecule has 1 rings (SSSR count). The van der Waals surface area contributed by atoms with Gasteiger partial charge in [-0.2, -0.15) is 0 Å². The van der Waals surface area contributed by atoms with Gasteiger partial charge in [-0.25, -0.2) is 0 Å². The van der Waals surface area contributed by atoms with Crippen LogP contribution in [0, 0.1) is 0 Å². The Morgan fingerprint density at radius 1 is 1.38 bits per heavy atom. The van der Waals surface area contributed by atoms with Crippen molar-refractivity contribution >= 4 is 24.7 Å². The molecular weight excluding hydrogens is 205 g/mol. The number of hydrogen-bond donors (Lipinski definition) is 0. The van der Waals surface area contributed by atoms with E-state index >= 15 is 0 Å². The minimum atomic E-state index is -0.184. The predicted molar refractivity (Wildman–Crippen MR) is 35.5 cm³/mol. The van der Waals surface area contributed by atoms with E-state index in [9.17, 15) is 0 Å². The summed E-state index contributed by atoms with van der Waals surface area (Å²) in [5.41, 5.74) is 0. The van der Waals surface area contributed by atoms with Crippen LogP contribution >= 0.6 is 0 Å². The Labute approximate surface area is 59.4 Å². The molecule has 0 saturated carbocycles. The van der Waals surface area contributed by atoms with Crippen molar-refractivity contribution in [2.24, 2.45) is 0 Å². The standard InChI is InChI=1S/C5H4N.CH3.Sn/c1-2-4-6-5-3-1;;/h2-5H;1H3;. The van der Waals surface area contributed by atoms with Gasteiger partial charge in [-0.05, 0) is 0 Å². The third-order valence-electron chi connectivity index (χ3n) is 0.969. The predicted octanol–water partition coefficient (Wildman–Crippen LogP) is 0.459. The average molecular weight is 212 g/mol. The Hall–Kier alpha value is -0.0513. The first-order valence-corrected chi connectivity index (χ1v) is 6.79. The monoisotopic (exact) mass is 213 g/mol. The third-order valence-corrected chi connectivity index (χ3v) is 3.57. The van der Waals surface area contributed by atoms with Crippen molar-refractivity contribution in [3.05, 3.63) is 24.5 Å². The Morgan fingerprint density at radius 2 is 2.00 bits per heavy atom. The molecule has 0 fully saturated rings. The normalized spacial score (nSPS) is 9.12. The Balaban J connectivity index is 2.83. The van der Waals surface area contributed by atoms with E-state index in [-0.39, 0.29) is 21.1 Å². The van der Waals surface area contributed by atoms with Gasteiger partial charge in [0.15, 0.2) is 0 Å². The molecule has 0 atom stereocenters. The van der Waals surface area contributed by atoms with Gasteiger partial charge in [-0.3, -0.25) is 0 Å². The van der Waals surface area contributed by atoms with Crippen molar-refractivity contribution in [1.82, 2.24) is 4.98 Å². The Morgan fingerprint density at radius 3 is 2.38 bits per heavy atom. The molecule has 0 aliphatic heterocycles. The summed E-state index contributed by atoms with van der Waals surface area (Å²) in [4.78, 5) is 6.22. The first-order valence-electron chi connectivity index (χ1n) is 2.51. The molecule has 0 N–H and O–H groups in total. The summed E-state index contributed by atoms with van der Waals surface area (Å²) in [5.74, 6) is 0. The molecule has 0 saturated heterocycles. The van der Waals surface area contributed by atoms with Gasteiger partial charge in [0.2, 0.25) is 0 Å². The van der Waals surface area contributed by atoms with Gasteiger partial charge >= 0.3 is 59.2 Å². The van der Waals surface area contributed by atoms with E-state index < -0.39 is 0 Å². The minimum absolute atomic E-state index is 0.184. The third kappa shape index (κ3) is 1.47. The first kappa shape index (κ1) is 6.07. The van der Waals surface area contributed by atoms with Crippen LogP contribution < -0.4 is 3.58 Å². The summed E-state index contributed by atoms with van der Waals surface area (Å²) in [6.45, 7) is 0. The van der Waals surface area contributed by atoms with Gasteiger partial charge < -0.3 is 0 Å². The zero-order chi connectivity index (χ0) is 5.82. The molecule has 2 heteroatoms. The quantitative estimate of drug-likeness (QED) is 0.616. The summed E-state index contributed by atoms with van der Waals surface area (Å²) < 4.78 is 1.52. The van der Waals surface area contributed by atoms with Crippen LogP contribution in [0.3, 0.4) is 0 Å². The molecule has 40 valence electrons. The van der Waals surface area contributed by atoms with Gasteiger partial charge in [0.05, 0.1) is 0 Å². The van der Waals surface area contributed by atoms with E-state index in [1.54, 1.807) is 0 Å². The van der Waals surface area contributed by atoms with Crippen molar-refractivity contribution in [3.8, 4) is 0 Å². The molecule has 0 aromatic carbocycles. The summed E-state index contributed by atoms with van der Waals surface area (Å²) in [6, 6.07) is 4.21. The van der Waals surface area contributed by atoms with Crippen molar-refractivity contribution < 1.29 is 0 Å². The summed E-state index contributed by atoms with van der Waals surface area (Å²) >= 11 is -0.184. The summed E-state index contributed by atoms with van der Waals surface area (Å²) in [7, 11) is 0. The molecule has 1 aromatic rings. The van der Waals surface area contributed by atoms with Gasteiger partial charge in [0.1, 0.15) is 0 Å². The van der Waals surface area contributed by atoms with E-state index in [1.807, 2.05) is 12.4 Å². The molecule has 1 aromatic heterocycles. The maximum atomic E-state index is 3.92. The van der Waals surface area contributed by atoms with Crippen LogP contribution in [0.4, 0.5) is 0 Å². The van der Waals surface area contributed by atoms with Crippen LogP contribution in [0.15, 0.2) is 24.5 Å². The fourth-order valence-corrected chi connectivity index (χ4v) is 1.90. The zero-order valence-electron chi connectivity index (χ0n) is 4.76. The van der Waals surface area contributed by atoms with Crippen LogP contribution in [0.2, 0.25) is 4.94 Å². The Kier molecular flexibility index (Phi) is 2.33. The second kappa shape index (κ2) is 3.07. The molecule has 2 radical (unpaired) electrons. The van der Waals surface area contributed by atoms with Gasteiger partial charge in [-0.1, -0.05) is 0 Å². The van der Waals surface area contributed by atoms with E-state index in [4.69, 9.17) is 0 Å². The van der Waals surface area contributed by atoms with Crippen LogP contribution in [-0.2, 0) is 0 Å². The number of pyridine rings is 1. The van der Waals surface area contributed by atoms with Gasteiger partial charge in [-0.15, -0.1) is 0 Å². The molecule has 1 nitrogen and oxygen atoms in total. The van der Waals surface area contributed by atoms with E-state index in [2.05, 4.69) is 22.1 Å². The topological polar surface area (TPSA) is 12.9 Å². The van der Waals surface area contributed by atoms with Crippen LogP contribution in [-0.4, -0.2) is 26.1 Å². The van der Waals surface area contributed by atoms with Crippen molar-refractivity contribution in [3.63, 3.8) is 0 Å². The summed E-state index contributed by atoms with van der Waals surface area (Å²) in [6.07, 6.45) is 3.72. The maximum absolute atomic E-state index is 3.92. The van der Waals surface area contributed by atoms with E-state index in [0.717, 1.165) is 0 Å². The molecule has 0 bridgehead atoms. The van der Waals surface area contributed by atoms with Crippen LogP contribution in [0.1, 0.15) is 0 Å². The number of hydrogen-bond acceptors (Lipinski definition) is 1. The molecule has 0 aliphatic carbocycles. The average Bonchev–Trinajstić information content (AvgIpc) is 1.90.